The third kappa shape index (κ3) is 2.05. The fourth-order valence-corrected chi connectivity index (χ4v) is 2.76. The van der Waals surface area contributed by atoms with Crippen LogP contribution < -0.4 is 5.32 Å². The van der Waals surface area contributed by atoms with Gasteiger partial charge in [-0.3, -0.25) is 14.6 Å². The fraction of sp³-hybridized carbons (Fsp3) is 0.125. The first-order valence-electron chi connectivity index (χ1n) is 7.00. The van der Waals surface area contributed by atoms with E-state index in [0.29, 0.717) is 22.6 Å². The number of hydrogen-bond donors (Lipinski definition) is 2. The average Bonchev–Trinajstić information content (AvgIpc) is 3.12. The zero-order chi connectivity index (χ0) is 16.0. The lowest BCUT2D eigenvalue weighted by atomic mass is 10.0. The molecular weight excluding hydrogens is 296 g/mol. The number of carbonyl (C=O) groups is 2. The van der Waals surface area contributed by atoms with Gasteiger partial charge in [0, 0.05) is 29.2 Å². The number of pyridine rings is 1. The Morgan fingerprint density at radius 1 is 1.26 bits per heavy atom. The molecule has 1 atom stereocenters. The van der Waals surface area contributed by atoms with E-state index in [-0.39, 0.29) is 5.91 Å². The summed E-state index contributed by atoms with van der Waals surface area (Å²) in [5, 5.41) is 2.71. The molecule has 1 aromatic carbocycles. The average molecular weight is 308 g/mol. The minimum absolute atomic E-state index is 0.381. The van der Waals surface area contributed by atoms with Gasteiger partial charge >= 0.3 is 5.97 Å². The van der Waals surface area contributed by atoms with Crippen LogP contribution in [0, 0.1) is 0 Å². The molecule has 7 heteroatoms. The van der Waals surface area contributed by atoms with Gasteiger partial charge in [0.1, 0.15) is 5.82 Å². The van der Waals surface area contributed by atoms with E-state index in [9.17, 15) is 9.59 Å². The number of esters is 1. The lowest BCUT2D eigenvalue weighted by Crippen LogP contribution is -2.21. The van der Waals surface area contributed by atoms with Crippen molar-refractivity contribution in [3.63, 3.8) is 0 Å². The third-order valence-corrected chi connectivity index (χ3v) is 3.87. The van der Waals surface area contributed by atoms with Crippen LogP contribution in [0.25, 0.3) is 22.4 Å². The topological polar surface area (TPSA) is 97.0 Å². The van der Waals surface area contributed by atoms with Gasteiger partial charge in [-0.05, 0) is 24.3 Å². The lowest BCUT2D eigenvalue weighted by molar-refractivity contribution is -0.144. The number of anilines is 1. The summed E-state index contributed by atoms with van der Waals surface area (Å²) in [6, 6.07) is 7.23. The highest BCUT2D eigenvalue weighted by atomic mass is 16.5. The van der Waals surface area contributed by atoms with Gasteiger partial charge in [-0.2, -0.15) is 0 Å². The molecule has 0 bridgehead atoms. The van der Waals surface area contributed by atoms with Crippen molar-refractivity contribution in [1.29, 1.82) is 0 Å². The van der Waals surface area contributed by atoms with Gasteiger partial charge in [0.25, 0.3) is 0 Å². The predicted molar refractivity (Wildman–Crippen MR) is 82.7 cm³/mol. The molecule has 1 amide bonds. The van der Waals surface area contributed by atoms with E-state index in [1.807, 2.05) is 12.1 Å². The maximum atomic E-state index is 12.0. The Morgan fingerprint density at radius 3 is 2.78 bits per heavy atom. The Bertz CT molecular complexity index is 933. The summed E-state index contributed by atoms with van der Waals surface area (Å²) < 4.78 is 4.71. The van der Waals surface area contributed by atoms with Crippen molar-refractivity contribution in [1.82, 2.24) is 15.0 Å². The second-order valence-electron chi connectivity index (χ2n) is 5.22. The van der Waals surface area contributed by atoms with E-state index in [1.165, 1.54) is 7.11 Å². The summed E-state index contributed by atoms with van der Waals surface area (Å²) in [5.41, 5.74) is 3.55. The molecule has 0 aliphatic carbocycles. The molecule has 7 nitrogen and oxygen atoms in total. The number of amides is 1. The lowest BCUT2D eigenvalue weighted by Gasteiger charge is -2.05. The highest BCUT2D eigenvalue weighted by molar-refractivity contribution is 6.16. The van der Waals surface area contributed by atoms with Gasteiger partial charge in [-0.25, -0.2) is 4.98 Å². The number of fused-ring (bicyclic) bond motifs is 2. The monoisotopic (exact) mass is 308 g/mol. The number of nitrogens with zero attached hydrogens (tertiary/aromatic N) is 2. The number of methoxy groups -OCH3 is 1. The maximum Gasteiger partial charge on any atom is 0.322 e. The van der Waals surface area contributed by atoms with Crippen molar-refractivity contribution in [2.24, 2.45) is 0 Å². The molecule has 2 N–H and O–H groups in total. The maximum absolute atomic E-state index is 12.0. The van der Waals surface area contributed by atoms with E-state index < -0.39 is 11.9 Å². The Morgan fingerprint density at radius 2 is 2.04 bits per heavy atom. The van der Waals surface area contributed by atoms with E-state index in [1.54, 1.807) is 24.5 Å². The fourth-order valence-electron chi connectivity index (χ4n) is 2.76. The Balaban J connectivity index is 1.84. The first-order chi connectivity index (χ1) is 11.2. The molecule has 1 unspecified atom stereocenters. The second kappa shape index (κ2) is 4.91. The smallest absolute Gasteiger partial charge is 0.322 e. The van der Waals surface area contributed by atoms with Crippen molar-refractivity contribution >= 4 is 28.6 Å². The molecule has 23 heavy (non-hydrogen) atoms. The van der Waals surface area contributed by atoms with Crippen LogP contribution in [0.2, 0.25) is 0 Å². The van der Waals surface area contributed by atoms with Crippen molar-refractivity contribution in [3.8, 4) is 11.4 Å². The summed E-state index contributed by atoms with van der Waals surface area (Å²) in [7, 11) is 1.27. The molecule has 3 heterocycles. The number of ether oxygens (including phenoxy) is 1. The van der Waals surface area contributed by atoms with Gasteiger partial charge in [-0.15, -0.1) is 0 Å². The first kappa shape index (κ1) is 13.4. The molecule has 0 radical (unpaired) electrons. The van der Waals surface area contributed by atoms with E-state index >= 15 is 0 Å². The number of hydrogen-bond acceptors (Lipinski definition) is 5. The number of nitrogens with one attached hydrogen (secondary N) is 2. The van der Waals surface area contributed by atoms with Crippen LogP contribution >= 0.6 is 0 Å². The van der Waals surface area contributed by atoms with Crippen LogP contribution in [0.1, 0.15) is 11.5 Å². The van der Waals surface area contributed by atoms with Gasteiger partial charge in [0.15, 0.2) is 5.92 Å². The molecule has 0 spiro atoms. The van der Waals surface area contributed by atoms with Crippen LogP contribution in [-0.4, -0.2) is 33.9 Å². The van der Waals surface area contributed by atoms with Gasteiger partial charge < -0.3 is 15.0 Å². The number of aromatic amines is 1. The molecule has 2 aromatic heterocycles. The van der Waals surface area contributed by atoms with E-state index in [2.05, 4.69) is 20.3 Å². The minimum Gasteiger partial charge on any atom is -0.468 e. The quantitative estimate of drug-likeness (QED) is 0.556. The normalized spacial score (nSPS) is 16.2. The largest absolute Gasteiger partial charge is 0.468 e. The van der Waals surface area contributed by atoms with Gasteiger partial charge in [0.2, 0.25) is 5.91 Å². The highest BCUT2D eigenvalue weighted by Gasteiger charge is 2.37. The first-order valence-corrected chi connectivity index (χ1v) is 7.00. The summed E-state index contributed by atoms with van der Waals surface area (Å²) >= 11 is 0. The summed E-state index contributed by atoms with van der Waals surface area (Å²) in [4.78, 5) is 35.5. The second-order valence-corrected chi connectivity index (χ2v) is 5.22. The summed E-state index contributed by atoms with van der Waals surface area (Å²) in [6.07, 6.45) is 3.38. The molecule has 1 aliphatic rings. The molecule has 114 valence electrons. The Kier molecular flexibility index (Phi) is 2.87. The molecule has 0 saturated heterocycles. The number of carbonyl (C=O) groups excluding carboxylic acids is 2. The highest BCUT2D eigenvalue weighted by Crippen LogP contribution is 2.36. The zero-order valence-corrected chi connectivity index (χ0v) is 12.2. The molecule has 0 fully saturated rings. The van der Waals surface area contributed by atoms with Crippen LogP contribution in [0.15, 0.2) is 36.7 Å². The number of rotatable bonds is 2. The van der Waals surface area contributed by atoms with Crippen LogP contribution in [0.5, 0.6) is 0 Å². The zero-order valence-electron chi connectivity index (χ0n) is 12.2. The van der Waals surface area contributed by atoms with E-state index in [4.69, 9.17) is 4.74 Å². The molecule has 3 aromatic rings. The SMILES string of the molecule is COC(=O)C1C(=O)Nc2cc3[nH]c(-c4ccncc4)nc3cc21. The van der Waals surface area contributed by atoms with Crippen molar-refractivity contribution < 1.29 is 14.3 Å². The number of imidazole rings is 1. The molecule has 1 aliphatic heterocycles. The van der Waals surface area contributed by atoms with Crippen LogP contribution in [0.4, 0.5) is 5.69 Å². The number of benzene rings is 1. The Labute approximate surface area is 130 Å². The van der Waals surface area contributed by atoms with Crippen molar-refractivity contribution in [2.45, 2.75) is 5.92 Å². The predicted octanol–water partition coefficient (Wildman–Crippen LogP) is 1.83. The number of aromatic nitrogens is 3. The standard InChI is InChI=1S/C16H12N4O3/c1-23-16(22)13-9-6-11-12(7-10(9)20-15(13)21)19-14(18-11)8-2-4-17-5-3-8/h2-7,13H,1H3,(H,18,19)(H,20,21). The van der Waals surface area contributed by atoms with Crippen LogP contribution in [-0.2, 0) is 14.3 Å². The van der Waals surface area contributed by atoms with Crippen molar-refractivity contribution in [3.05, 3.63) is 42.2 Å². The van der Waals surface area contributed by atoms with Crippen molar-refractivity contribution in [2.75, 3.05) is 12.4 Å². The van der Waals surface area contributed by atoms with Gasteiger partial charge in [-0.1, -0.05) is 0 Å². The Hall–Kier alpha value is -3.22. The third-order valence-electron chi connectivity index (χ3n) is 3.87. The molecular formula is C16H12N4O3. The van der Waals surface area contributed by atoms with Gasteiger partial charge in [0.05, 0.1) is 18.1 Å². The summed E-state index contributed by atoms with van der Waals surface area (Å²) in [5.74, 6) is -1.20. The summed E-state index contributed by atoms with van der Waals surface area (Å²) in [6.45, 7) is 0. The molecule has 4 rings (SSSR count). The minimum atomic E-state index is -0.944. The van der Waals surface area contributed by atoms with Crippen LogP contribution in [0.3, 0.4) is 0 Å². The van der Waals surface area contributed by atoms with E-state index in [0.717, 1.165) is 11.1 Å². The molecule has 0 saturated carbocycles. The number of H-pyrrole nitrogens is 1.